The van der Waals surface area contributed by atoms with Gasteiger partial charge in [-0.25, -0.2) is 4.98 Å². The van der Waals surface area contributed by atoms with E-state index in [0.29, 0.717) is 17.6 Å². The Labute approximate surface area is 102 Å². The Morgan fingerprint density at radius 2 is 1.75 bits per heavy atom. The van der Waals surface area contributed by atoms with Crippen molar-refractivity contribution in [1.82, 2.24) is 15.0 Å². The third-order valence-corrected chi connectivity index (χ3v) is 2.43. The van der Waals surface area contributed by atoms with Crippen molar-refractivity contribution >= 4 is 27.6 Å². The Bertz CT molecular complexity index is 493. The monoisotopic (exact) mass is 278 g/mol. The number of rotatable bonds is 2. The summed E-state index contributed by atoms with van der Waals surface area (Å²) >= 11 is 3.41. The first-order chi connectivity index (χ1) is 7.63. The van der Waals surface area contributed by atoms with E-state index in [2.05, 4.69) is 36.2 Å². The number of nitrogens with zero attached hydrogens (tertiary/aromatic N) is 3. The number of benzene rings is 1. The van der Waals surface area contributed by atoms with Gasteiger partial charge >= 0.3 is 0 Å². The zero-order valence-electron chi connectivity index (χ0n) is 9.03. The van der Waals surface area contributed by atoms with Crippen LogP contribution in [0.1, 0.15) is 11.6 Å². The second kappa shape index (κ2) is 4.57. The van der Waals surface area contributed by atoms with Gasteiger partial charge in [-0.1, -0.05) is 22.0 Å². The lowest BCUT2D eigenvalue weighted by molar-refractivity contribution is 0.928. The van der Waals surface area contributed by atoms with Gasteiger partial charge in [-0.2, -0.15) is 9.97 Å². The van der Waals surface area contributed by atoms with Crippen molar-refractivity contribution in [3.63, 3.8) is 0 Å². The molecule has 0 fully saturated rings. The van der Waals surface area contributed by atoms with Crippen molar-refractivity contribution in [2.24, 2.45) is 0 Å². The van der Waals surface area contributed by atoms with Crippen LogP contribution in [0.3, 0.4) is 0 Å². The van der Waals surface area contributed by atoms with Crippen LogP contribution in [0.15, 0.2) is 28.7 Å². The Morgan fingerprint density at radius 1 is 1.06 bits per heavy atom. The summed E-state index contributed by atoms with van der Waals surface area (Å²) in [5, 5.41) is 3.13. The third kappa shape index (κ3) is 2.76. The summed E-state index contributed by atoms with van der Waals surface area (Å²) in [7, 11) is 0. The quantitative estimate of drug-likeness (QED) is 0.918. The lowest BCUT2D eigenvalue weighted by atomic mass is 10.3. The third-order valence-electron chi connectivity index (χ3n) is 1.94. The van der Waals surface area contributed by atoms with Gasteiger partial charge in [0.15, 0.2) is 0 Å². The van der Waals surface area contributed by atoms with Gasteiger partial charge in [-0.05, 0) is 32.0 Å². The van der Waals surface area contributed by atoms with Crippen LogP contribution in [0.25, 0.3) is 0 Å². The topological polar surface area (TPSA) is 50.7 Å². The highest BCUT2D eigenvalue weighted by Crippen LogP contribution is 2.18. The Kier molecular flexibility index (Phi) is 3.14. The van der Waals surface area contributed by atoms with Crippen molar-refractivity contribution in [2.45, 2.75) is 13.8 Å². The molecule has 0 atom stereocenters. The zero-order chi connectivity index (χ0) is 11.5. The maximum atomic E-state index is 4.21. The largest absolute Gasteiger partial charge is 0.324 e. The van der Waals surface area contributed by atoms with Crippen molar-refractivity contribution in [1.29, 1.82) is 0 Å². The Morgan fingerprint density at radius 3 is 2.38 bits per heavy atom. The fraction of sp³-hybridized carbons (Fsp3) is 0.182. The highest BCUT2D eigenvalue weighted by atomic mass is 79.9. The van der Waals surface area contributed by atoms with Gasteiger partial charge in [0.25, 0.3) is 0 Å². The van der Waals surface area contributed by atoms with Crippen molar-refractivity contribution < 1.29 is 0 Å². The van der Waals surface area contributed by atoms with Crippen LogP contribution < -0.4 is 5.32 Å². The van der Waals surface area contributed by atoms with E-state index in [-0.39, 0.29) is 0 Å². The molecule has 0 unspecified atom stereocenters. The van der Waals surface area contributed by atoms with Crippen molar-refractivity contribution in [2.75, 3.05) is 5.32 Å². The van der Waals surface area contributed by atoms with Gasteiger partial charge in [0, 0.05) is 10.2 Å². The number of hydrogen-bond donors (Lipinski definition) is 1. The number of aryl methyl sites for hydroxylation is 2. The molecule has 0 bridgehead atoms. The number of anilines is 2. The van der Waals surface area contributed by atoms with Crippen molar-refractivity contribution in [3.8, 4) is 0 Å². The fourth-order valence-electron chi connectivity index (χ4n) is 1.37. The molecule has 0 saturated carbocycles. The normalized spacial score (nSPS) is 10.2. The van der Waals surface area contributed by atoms with E-state index in [4.69, 9.17) is 0 Å². The SMILES string of the molecule is Cc1nc(C)nc(Nc2cccc(Br)c2)n1. The van der Waals surface area contributed by atoms with Gasteiger partial charge < -0.3 is 5.32 Å². The highest BCUT2D eigenvalue weighted by Gasteiger charge is 2.01. The molecule has 0 radical (unpaired) electrons. The number of halogens is 1. The average Bonchev–Trinajstić information content (AvgIpc) is 2.15. The van der Waals surface area contributed by atoms with Crippen LogP contribution in [-0.2, 0) is 0 Å². The molecule has 4 nitrogen and oxygen atoms in total. The molecule has 0 aliphatic heterocycles. The second-order valence-electron chi connectivity index (χ2n) is 3.39. The summed E-state index contributed by atoms with van der Waals surface area (Å²) < 4.78 is 1.01. The summed E-state index contributed by atoms with van der Waals surface area (Å²) in [6.07, 6.45) is 0. The molecule has 0 amide bonds. The summed E-state index contributed by atoms with van der Waals surface area (Å²) in [4.78, 5) is 12.5. The molecule has 0 aliphatic carbocycles. The minimum atomic E-state index is 0.572. The second-order valence-corrected chi connectivity index (χ2v) is 4.30. The van der Waals surface area contributed by atoms with E-state index in [0.717, 1.165) is 10.2 Å². The van der Waals surface area contributed by atoms with Gasteiger partial charge in [0.2, 0.25) is 5.95 Å². The molecule has 82 valence electrons. The van der Waals surface area contributed by atoms with Gasteiger partial charge in [-0.15, -0.1) is 0 Å². The Hall–Kier alpha value is -1.49. The molecule has 1 heterocycles. The molecule has 5 heteroatoms. The lowest BCUT2D eigenvalue weighted by Crippen LogP contribution is -2.02. The summed E-state index contributed by atoms with van der Waals surface area (Å²) in [6, 6.07) is 7.84. The van der Waals surface area contributed by atoms with Gasteiger partial charge in [0.05, 0.1) is 0 Å². The minimum absolute atomic E-state index is 0.572. The predicted octanol–water partition coefficient (Wildman–Crippen LogP) is 2.99. The Balaban J connectivity index is 2.27. The predicted molar refractivity (Wildman–Crippen MR) is 66.7 cm³/mol. The summed E-state index contributed by atoms with van der Waals surface area (Å²) in [5.41, 5.74) is 0.944. The molecule has 2 rings (SSSR count). The fourth-order valence-corrected chi connectivity index (χ4v) is 1.77. The zero-order valence-corrected chi connectivity index (χ0v) is 10.6. The number of aromatic nitrogens is 3. The van der Waals surface area contributed by atoms with Crippen LogP contribution in [0.4, 0.5) is 11.6 Å². The van der Waals surface area contributed by atoms with E-state index in [1.54, 1.807) is 0 Å². The molecule has 1 N–H and O–H groups in total. The molecule has 2 aromatic rings. The van der Waals surface area contributed by atoms with E-state index >= 15 is 0 Å². The summed E-state index contributed by atoms with van der Waals surface area (Å²) in [5.74, 6) is 2.00. The first-order valence-corrected chi connectivity index (χ1v) is 5.64. The van der Waals surface area contributed by atoms with Crippen LogP contribution in [0.5, 0.6) is 0 Å². The first kappa shape index (κ1) is 11.0. The molecular weight excluding hydrogens is 268 g/mol. The highest BCUT2D eigenvalue weighted by molar-refractivity contribution is 9.10. The van der Waals surface area contributed by atoms with E-state index in [9.17, 15) is 0 Å². The smallest absolute Gasteiger partial charge is 0.230 e. The van der Waals surface area contributed by atoms with Crippen LogP contribution in [-0.4, -0.2) is 15.0 Å². The maximum Gasteiger partial charge on any atom is 0.230 e. The van der Waals surface area contributed by atoms with Crippen LogP contribution in [0.2, 0.25) is 0 Å². The van der Waals surface area contributed by atoms with E-state index in [1.165, 1.54) is 0 Å². The number of nitrogens with one attached hydrogen (secondary N) is 1. The van der Waals surface area contributed by atoms with Crippen LogP contribution in [0, 0.1) is 13.8 Å². The van der Waals surface area contributed by atoms with Crippen molar-refractivity contribution in [3.05, 3.63) is 40.4 Å². The van der Waals surface area contributed by atoms with E-state index in [1.807, 2.05) is 38.1 Å². The molecule has 0 saturated heterocycles. The standard InChI is InChI=1S/C11H11BrN4/c1-7-13-8(2)15-11(14-7)16-10-5-3-4-9(12)6-10/h3-6H,1-2H3,(H,13,14,15,16). The van der Waals surface area contributed by atoms with E-state index < -0.39 is 0 Å². The molecule has 1 aromatic carbocycles. The minimum Gasteiger partial charge on any atom is -0.324 e. The molecular formula is C11H11BrN4. The maximum absolute atomic E-state index is 4.21. The lowest BCUT2D eigenvalue weighted by Gasteiger charge is -2.06. The summed E-state index contributed by atoms with van der Waals surface area (Å²) in [6.45, 7) is 3.70. The molecule has 1 aromatic heterocycles. The molecule has 0 aliphatic rings. The number of hydrogen-bond acceptors (Lipinski definition) is 4. The molecule has 16 heavy (non-hydrogen) atoms. The molecule has 0 spiro atoms. The average molecular weight is 279 g/mol. The first-order valence-electron chi connectivity index (χ1n) is 4.85. The van der Waals surface area contributed by atoms with Gasteiger partial charge in [0.1, 0.15) is 11.6 Å². The van der Waals surface area contributed by atoms with Gasteiger partial charge in [-0.3, -0.25) is 0 Å². The van der Waals surface area contributed by atoms with Crippen LogP contribution >= 0.6 is 15.9 Å².